The summed E-state index contributed by atoms with van der Waals surface area (Å²) in [5, 5.41) is 22.1. The number of aromatic hydroxyl groups is 1. The van der Waals surface area contributed by atoms with Gasteiger partial charge in [0.1, 0.15) is 5.75 Å². The van der Waals surface area contributed by atoms with Crippen LogP contribution in [-0.2, 0) is 17.9 Å². The van der Waals surface area contributed by atoms with Crippen molar-refractivity contribution in [2.45, 2.75) is 32.9 Å². The van der Waals surface area contributed by atoms with Gasteiger partial charge in [0.25, 0.3) is 5.56 Å². The van der Waals surface area contributed by atoms with Crippen molar-refractivity contribution in [1.82, 2.24) is 24.1 Å². The third-order valence-corrected chi connectivity index (χ3v) is 6.38. The van der Waals surface area contributed by atoms with Gasteiger partial charge in [0.05, 0.1) is 23.1 Å². The van der Waals surface area contributed by atoms with E-state index in [0.717, 1.165) is 37.3 Å². The van der Waals surface area contributed by atoms with Gasteiger partial charge in [0.15, 0.2) is 5.82 Å². The normalized spacial score (nSPS) is 15.3. The lowest BCUT2D eigenvalue weighted by atomic mass is 9.95. The minimum atomic E-state index is -0.109. The number of aryl methyl sites for hydroxylation is 1. The van der Waals surface area contributed by atoms with Gasteiger partial charge >= 0.3 is 0 Å². The van der Waals surface area contributed by atoms with Crippen LogP contribution >= 0.6 is 0 Å². The van der Waals surface area contributed by atoms with E-state index < -0.39 is 0 Å². The van der Waals surface area contributed by atoms with E-state index in [-0.39, 0.29) is 23.1 Å². The maximum atomic E-state index is 12.8. The van der Waals surface area contributed by atoms with Crippen LogP contribution in [0.1, 0.15) is 25.6 Å². The molecule has 33 heavy (non-hydrogen) atoms. The Hall–Kier alpha value is -3.72. The Bertz CT molecular complexity index is 1380. The molecule has 2 aromatic heterocycles. The molecular formula is C24H26N6O3. The standard InChI is InChI=1S/C24H26N6O3/c1-2-29-23(33)17-7-3-5-9-19(17)30-21(26-27-24(29)30)15-28-13-11-16(12-14-28)22(32)25-18-8-4-6-10-20(18)31/h3-10,16,31H,2,11-15H2,1H3,(H,25,32). The number of rotatable bonds is 5. The zero-order chi connectivity index (χ0) is 22.9. The molecule has 5 rings (SSSR count). The lowest BCUT2D eigenvalue weighted by Crippen LogP contribution is -2.38. The van der Waals surface area contributed by atoms with E-state index in [0.29, 0.717) is 29.9 Å². The van der Waals surface area contributed by atoms with E-state index in [1.165, 1.54) is 0 Å². The lowest BCUT2D eigenvalue weighted by Gasteiger charge is -2.30. The van der Waals surface area contributed by atoms with Gasteiger partial charge in [-0.3, -0.25) is 23.5 Å². The average Bonchev–Trinajstić information content (AvgIpc) is 3.25. The molecule has 1 aliphatic heterocycles. The molecular weight excluding hydrogens is 420 g/mol. The maximum Gasteiger partial charge on any atom is 0.262 e. The van der Waals surface area contributed by atoms with E-state index in [9.17, 15) is 14.7 Å². The van der Waals surface area contributed by atoms with Gasteiger partial charge in [0, 0.05) is 12.5 Å². The average molecular weight is 447 g/mol. The first-order valence-corrected chi connectivity index (χ1v) is 11.2. The summed E-state index contributed by atoms with van der Waals surface area (Å²) >= 11 is 0. The smallest absolute Gasteiger partial charge is 0.262 e. The van der Waals surface area contributed by atoms with Gasteiger partial charge < -0.3 is 10.4 Å². The number of likely N-dealkylation sites (tertiary alicyclic amines) is 1. The Labute approximate surface area is 190 Å². The van der Waals surface area contributed by atoms with Gasteiger partial charge in [-0.2, -0.15) is 0 Å². The number of hydrogen-bond donors (Lipinski definition) is 2. The molecule has 0 aliphatic carbocycles. The SMILES string of the molecule is CCn1c(=O)c2ccccc2n2c(CN3CCC(C(=O)Nc4ccccc4O)CC3)nnc12. The predicted octanol–water partition coefficient (Wildman–Crippen LogP) is 2.62. The number of amides is 1. The summed E-state index contributed by atoms with van der Waals surface area (Å²) in [6, 6.07) is 14.3. The Morgan fingerprint density at radius 2 is 1.82 bits per heavy atom. The highest BCUT2D eigenvalue weighted by molar-refractivity contribution is 5.93. The summed E-state index contributed by atoms with van der Waals surface area (Å²) in [4.78, 5) is 27.8. The Morgan fingerprint density at radius 1 is 1.09 bits per heavy atom. The fourth-order valence-electron chi connectivity index (χ4n) is 4.57. The molecule has 2 aromatic carbocycles. The van der Waals surface area contributed by atoms with Crippen LogP contribution in [0.5, 0.6) is 5.75 Å². The minimum absolute atomic E-state index is 0.0594. The van der Waals surface area contributed by atoms with Crippen molar-refractivity contribution in [2.24, 2.45) is 5.92 Å². The van der Waals surface area contributed by atoms with Crippen molar-refractivity contribution in [2.75, 3.05) is 18.4 Å². The van der Waals surface area contributed by atoms with E-state index in [1.807, 2.05) is 35.6 Å². The van der Waals surface area contributed by atoms with Gasteiger partial charge in [0.2, 0.25) is 11.7 Å². The summed E-state index contributed by atoms with van der Waals surface area (Å²) in [6.07, 6.45) is 1.44. The molecule has 0 spiro atoms. The quantitative estimate of drug-likeness (QED) is 0.457. The first kappa shape index (κ1) is 21.1. The second-order valence-corrected chi connectivity index (χ2v) is 8.38. The number of nitrogens with zero attached hydrogens (tertiary/aromatic N) is 5. The number of fused-ring (bicyclic) bond motifs is 3. The highest BCUT2D eigenvalue weighted by atomic mass is 16.3. The monoisotopic (exact) mass is 446 g/mol. The van der Waals surface area contributed by atoms with Crippen LogP contribution in [0.2, 0.25) is 0 Å². The number of piperidine rings is 1. The molecule has 1 aliphatic rings. The number of hydrogen-bond acceptors (Lipinski definition) is 6. The summed E-state index contributed by atoms with van der Waals surface area (Å²) in [6.45, 7) is 4.53. The number of phenolic OH excluding ortho intramolecular Hbond substituents is 1. The van der Waals surface area contributed by atoms with Crippen LogP contribution in [0.15, 0.2) is 53.3 Å². The van der Waals surface area contributed by atoms with Crippen molar-refractivity contribution < 1.29 is 9.90 Å². The zero-order valence-electron chi connectivity index (χ0n) is 18.4. The first-order chi connectivity index (χ1) is 16.1. The van der Waals surface area contributed by atoms with Crippen molar-refractivity contribution in [3.8, 4) is 5.75 Å². The Balaban J connectivity index is 1.33. The minimum Gasteiger partial charge on any atom is -0.506 e. The van der Waals surface area contributed by atoms with Crippen LogP contribution in [0.4, 0.5) is 5.69 Å². The number of nitrogens with one attached hydrogen (secondary N) is 1. The summed E-state index contributed by atoms with van der Waals surface area (Å²) in [5.41, 5.74) is 1.18. The molecule has 1 amide bonds. The number of benzene rings is 2. The molecule has 1 saturated heterocycles. The van der Waals surface area contributed by atoms with Gasteiger partial charge in [-0.05, 0) is 57.1 Å². The Morgan fingerprint density at radius 3 is 2.58 bits per heavy atom. The molecule has 0 unspecified atom stereocenters. The molecule has 4 aromatic rings. The van der Waals surface area contributed by atoms with Crippen LogP contribution in [0.3, 0.4) is 0 Å². The molecule has 9 heteroatoms. The summed E-state index contributed by atoms with van der Waals surface area (Å²) in [7, 11) is 0. The third-order valence-electron chi connectivity index (χ3n) is 6.38. The van der Waals surface area contributed by atoms with Crippen molar-refractivity contribution in [1.29, 1.82) is 0 Å². The topological polar surface area (TPSA) is 105 Å². The van der Waals surface area contributed by atoms with E-state index in [2.05, 4.69) is 20.4 Å². The predicted molar refractivity (Wildman–Crippen MR) is 125 cm³/mol. The zero-order valence-corrected chi connectivity index (χ0v) is 18.4. The molecule has 0 atom stereocenters. The molecule has 0 saturated carbocycles. The maximum absolute atomic E-state index is 12.8. The second-order valence-electron chi connectivity index (χ2n) is 8.38. The van der Waals surface area contributed by atoms with Crippen LogP contribution < -0.4 is 10.9 Å². The van der Waals surface area contributed by atoms with Crippen molar-refractivity contribution >= 4 is 28.3 Å². The molecule has 9 nitrogen and oxygen atoms in total. The number of carbonyl (C=O) groups excluding carboxylic acids is 1. The number of phenols is 1. The third kappa shape index (κ3) is 3.84. The van der Waals surface area contributed by atoms with E-state index >= 15 is 0 Å². The number of anilines is 1. The lowest BCUT2D eigenvalue weighted by molar-refractivity contribution is -0.121. The van der Waals surface area contributed by atoms with E-state index in [1.54, 1.807) is 28.8 Å². The summed E-state index contributed by atoms with van der Waals surface area (Å²) in [5.74, 6) is 1.22. The molecule has 2 N–H and O–H groups in total. The molecule has 170 valence electrons. The molecule has 0 radical (unpaired) electrons. The van der Waals surface area contributed by atoms with Crippen LogP contribution in [-0.4, -0.2) is 48.2 Å². The van der Waals surface area contributed by atoms with Crippen molar-refractivity contribution in [3.05, 3.63) is 64.7 Å². The molecule has 0 bridgehead atoms. The number of para-hydroxylation sites is 3. The fourth-order valence-corrected chi connectivity index (χ4v) is 4.57. The van der Waals surface area contributed by atoms with E-state index in [4.69, 9.17) is 0 Å². The van der Waals surface area contributed by atoms with Gasteiger partial charge in [-0.25, -0.2) is 0 Å². The first-order valence-electron chi connectivity index (χ1n) is 11.2. The Kier molecular flexibility index (Phi) is 5.55. The second kappa shape index (κ2) is 8.67. The fraction of sp³-hybridized carbons (Fsp3) is 0.333. The largest absolute Gasteiger partial charge is 0.506 e. The van der Waals surface area contributed by atoms with Crippen LogP contribution in [0, 0.1) is 5.92 Å². The van der Waals surface area contributed by atoms with Crippen molar-refractivity contribution in [3.63, 3.8) is 0 Å². The van der Waals surface area contributed by atoms with Gasteiger partial charge in [-0.1, -0.05) is 24.3 Å². The van der Waals surface area contributed by atoms with Gasteiger partial charge in [-0.15, -0.1) is 10.2 Å². The highest BCUT2D eigenvalue weighted by Crippen LogP contribution is 2.25. The molecule has 1 fully saturated rings. The van der Waals surface area contributed by atoms with Crippen LogP contribution in [0.25, 0.3) is 16.7 Å². The summed E-state index contributed by atoms with van der Waals surface area (Å²) < 4.78 is 3.62. The number of aromatic nitrogens is 4. The molecule has 3 heterocycles. The number of carbonyl (C=O) groups is 1. The highest BCUT2D eigenvalue weighted by Gasteiger charge is 2.27.